The molecule has 6 nitrogen and oxygen atoms in total. The Bertz CT molecular complexity index is 985. The van der Waals surface area contributed by atoms with E-state index in [0.29, 0.717) is 11.5 Å². The first-order valence-corrected chi connectivity index (χ1v) is 11.7. The van der Waals surface area contributed by atoms with E-state index in [0.717, 1.165) is 68.7 Å². The molecule has 1 aromatic heterocycles. The highest BCUT2D eigenvalue weighted by molar-refractivity contribution is 5.98. The van der Waals surface area contributed by atoms with Crippen molar-refractivity contribution in [1.29, 1.82) is 5.26 Å². The molecule has 2 fully saturated rings. The van der Waals surface area contributed by atoms with Gasteiger partial charge in [0.15, 0.2) is 0 Å². The number of amides is 2. The molecule has 31 heavy (non-hydrogen) atoms. The third kappa shape index (κ3) is 5.10. The van der Waals surface area contributed by atoms with Gasteiger partial charge in [0.05, 0.1) is 12.0 Å². The van der Waals surface area contributed by atoms with Crippen molar-refractivity contribution in [2.24, 2.45) is 11.8 Å². The quantitative estimate of drug-likeness (QED) is 0.596. The number of benzene rings is 1. The number of carbonyl (C=O) groups is 2. The maximum absolute atomic E-state index is 13.0. The Kier molecular flexibility index (Phi) is 6.60. The highest BCUT2D eigenvalue weighted by Crippen LogP contribution is 2.33. The molecule has 3 atom stereocenters. The lowest BCUT2D eigenvalue weighted by Gasteiger charge is -2.31. The summed E-state index contributed by atoms with van der Waals surface area (Å²) in [5.74, 6) is -0.221. The lowest BCUT2D eigenvalue weighted by atomic mass is 9.83. The number of unbranched alkanes of at least 4 members (excludes halogenated alkanes) is 1. The van der Waals surface area contributed by atoms with E-state index in [1.165, 1.54) is 5.69 Å². The van der Waals surface area contributed by atoms with Gasteiger partial charge in [0.25, 0.3) is 5.91 Å². The van der Waals surface area contributed by atoms with Gasteiger partial charge in [-0.1, -0.05) is 32.3 Å². The van der Waals surface area contributed by atoms with E-state index < -0.39 is 6.04 Å². The molecule has 2 aliphatic carbocycles. The van der Waals surface area contributed by atoms with Crippen molar-refractivity contribution in [3.63, 3.8) is 0 Å². The van der Waals surface area contributed by atoms with Crippen LogP contribution in [0.4, 0.5) is 0 Å². The molecule has 3 N–H and O–H groups in total. The molecular formula is C25H32N4O2. The molecular weight excluding hydrogens is 388 g/mol. The number of nitrogens with zero attached hydrogens (tertiary/aromatic N) is 1. The van der Waals surface area contributed by atoms with E-state index in [1.54, 1.807) is 0 Å². The van der Waals surface area contributed by atoms with Crippen molar-refractivity contribution in [2.75, 3.05) is 0 Å². The minimum atomic E-state index is -0.400. The molecule has 2 amide bonds. The number of nitriles is 1. The summed E-state index contributed by atoms with van der Waals surface area (Å²) in [6.07, 6.45) is 8.81. The normalized spacial score (nSPS) is 21.9. The van der Waals surface area contributed by atoms with Crippen LogP contribution < -0.4 is 10.6 Å². The van der Waals surface area contributed by atoms with Crippen LogP contribution in [-0.4, -0.2) is 28.9 Å². The number of hydrogen-bond acceptors (Lipinski definition) is 3. The third-order valence-corrected chi connectivity index (χ3v) is 6.69. The second kappa shape index (κ2) is 9.55. The number of H-pyrrole nitrogens is 1. The molecule has 1 aromatic carbocycles. The molecule has 0 spiro atoms. The molecule has 0 aliphatic heterocycles. The fourth-order valence-electron chi connectivity index (χ4n) is 4.64. The van der Waals surface area contributed by atoms with Crippen LogP contribution in [-0.2, 0) is 11.2 Å². The molecule has 2 aromatic rings. The van der Waals surface area contributed by atoms with Gasteiger partial charge >= 0.3 is 0 Å². The van der Waals surface area contributed by atoms with Gasteiger partial charge < -0.3 is 15.6 Å². The highest BCUT2D eigenvalue weighted by atomic mass is 16.2. The van der Waals surface area contributed by atoms with E-state index in [-0.39, 0.29) is 23.8 Å². The van der Waals surface area contributed by atoms with Gasteiger partial charge in [-0.25, -0.2) is 0 Å². The molecule has 164 valence electrons. The highest BCUT2D eigenvalue weighted by Gasteiger charge is 2.37. The van der Waals surface area contributed by atoms with Crippen molar-refractivity contribution in [3.05, 3.63) is 35.5 Å². The Labute approximate surface area is 183 Å². The van der Waals surface area contributed by atoms with Crippen LogP contribution in [0.5, 0.6) is 0 Å². The molecule has 2 saturated carbocycles. The maximum atomic E-state index is 13.0. The van der Waals surface area contributed by atoms with Gasteiger partial charge in [0, 0.05) is 22.8 Å². The Hall–Kier alpha value is -2.81. The van der Waals surface area contributed by atoms with Crippen molar-refractivity contribution >= 4 is 22.7 Å². The van der Waals surface area contributed by atoms with Crippen LogP contribution >= 0.6 is 0 Å². The number of rotatable bonds is 8. The molecule has 3 unspecified atom stereocenters. The van der Waals surface area contributed by atoms with Crippen LogP contribution in [0, 0.1) is 23.2 Å². The summed E-state index contributed by atoms with van der Waals surface area (Å²) in [6.45, 7) is 2.18. The van der Waals surface area contributed by atoms with Crippen LogP contribution in [0.3, 0.4) is 0 Å². The molecule has 1 heterocycles. The minimum Gasteiger partial charge on any atom is -0.358 e. The molecule has 6 heteroatoms. The summed E-state index contributed by atoms with van der Waals surface area (Å²) in [4.78, 5) is 29.3. The van der Waals surface area contributed by atoms with Crippen molar-refractivity contribution in [3.8, 4) is 6.07 Å². The topological polar surface area (TPSA) is 97.8 Å². The molecule has 0 bridgehead atoms. The smallest absolute Gasteiger partial charge is 0.251 e. The van der Waals surface area contributed by atoms with Gasteiger partial charge in [-0.15, -0.1) is 0 Å². The fourth-order valence-corrected chi connectivity index (χ4v) is 4.64. The van der Waals surface area contributed by atoms with Crippen LogP contribution in [0.15, 0.2) is 24.3 Å². The Morgan fingerprint density at radius 1 is 1.19 bits per heavy atom. The zero-order valence-corrected chi connectivity index (χ0v) is 18.2. The second-order valence-corrected chi connectivity index (χ2v) is 9.12. The van der Waals surface area contributed by atoms with Crippen LogP contribution in [0.1, 0.15) is 74.3 Å². The standard InChI is InChI=1S/C25H32N4O2/c1-2-3-6-19-13-17-11-12-18(14-22(17)27-19)24(30)28-21-8-5-4-7-20(21)25(31)29-23(15-26)16-9-10-16/h11-14,16,20-21,23,27H,2-10H2,1H3,(H,28,30)(H,29,31). The average Bonchev–Trinajstić information content (AvgIpc) is 3.54. The summed E-state index contributed by atoms with van der Waals surface area (Å²) in [6, 6.07) is 9.51. The van der Waals surface area contributed by atoms with Gasteiger partial charge in [-0.3, -0.25) is 9.59 Å². The van der Waals surface area contributed by atoms with E-state index in [1.807, 2.05) is 18.2 Å². The monoisotopic (exact) mass is 420 g/mol. The van der Waals surface area contributed by atoms with E-state index in [9.17, 15) is 14.9 Å². The van der Waals surface area contributed by atoms with Gasteiger partial charge in [-0.05, 0) is 68.0 Å². The zero-order valence-electron chi connectivity index (χ0n) is 18.2. The number of aromatic nitrogens is 1. The predicted octanol–water partition coefficient (Wildman–Crippen LogP) is 4.22. The van der Waals surface area contributed by atoms with Crippen LogP contribution in [0.25, 0.3) is 10.9 Å². The maximum Gasteiger partial charge on any atom is 0.251 e. The van der Waals surface area contributed by atoms with E-state index in [4.69, 9.17) is 0 Å². The van der Waals surface area contributed by atoms with Crippen LogP contribution in [0.2, 0.25) is 0 Å². The molecule has 0 radical (unpaired) electrons. The Morgan fingerprint density at radius 3 is 2.74 bits per heavy atom. The zero-order chi connectivity index (χ0) is 21.8. The lowest BCUT2D eigenvalue weighted by Crippen LogP contribution is -2.50. The Morgan fingerprint density at radius 2 is 2.00 bits per heavy atom. The third-order valence-electron chi connectivity index (χ3n) is 6.69. The van der Waals surface area contributed by atoms with E-state index in [2.05, 4.69) is 34.7 Å². The predicted molar refractivity (Wildman–Crippen MR) is 120 cm³/mol. The number of nitrogens with one attached hydrogen (secondary N) is 3. The lowest BCUT2D eigenvalue weighted by molar-refractivity contribution is -0.127. The molecule has 0 saturated heterocycles. The van der Waals surface area contributed by atoms with Crippen molar-refractivity contribution in [1.82, 2.24) is 15.6 Å². The molecule has 2 aliphatic rings. The van der Waals surface area contributed by atoms with Gasteiger partial charge in [-0.2, -0.15) is 5.26 Å². The number of carbonyl (C=O) groups excluding carboxylic acids is 2. The average molecular weight is 421 g/mol. The fraction of sp³-hybridized carbons (Fsp3) is 0.560. The number of hydrogen-bond donors (Lipinski definition) is 3. The first kappa shape index (κ1) is 21.4. The van der Waals surface area contributed by atoms with Crippen molar-refractivity contribution < 1.29 is 9.59 Å². The number of aryl methyl sites for hydroxylation is 1. The van der Waals surface area contributed by atoms with Gasteiger partial charge in [0.2, 0.25) is 5.91 Å². The number of aromatic amines is 1. The minimum absolute atomic E-state index is 0.0937. The van der Waals surface area contributed by atoms with Gasteiger partial charge in [0.1, 0.15) is 6.04 Å². The summed E-state index contributed by atoms with van der Waals surface area (Å²) < 4.78 is 0. The first-order valence-electron chi connectivity index (χ1n) is 11.7. The summed E-state index contributed by atoms with van der Waals surface area (Å²) in [5.41, 5.74) is 2.77. The molecule has 4 rings (SSSR count). The Balaban J connectivity index is 1.43. The van der Waals surface area contributed by atoms with E-state index >= 15 is 0 Å². The largest absolute Gasteiger partial charge is 0.358 e. The summed E-state index contributed by atoms with van der Waals surface area (Å²) in [5, 5.41) is 16.5. The second-order valence-electron chi connectivity index (χ2n) is 9.12. The van der Waals surface area contributed by atoms with Crippen molar-refractivity contribution in [2.45, 2.75) is 76.8 Å². The first-order chi connectivity index (χ1) is 15.1. The summed E-state index contributed by atoms with van der Waals surface area (Å²) in [7, 11) is 0. The SMILES string of the molecule is CCCCc1cc2ccc(C(=O)NC3CCCCC3C(=O)NC(C#N)C3CC3)cc2[nH]1. The summed E-state index contributed by atoms with van der Waals surface area (Å²) >= 11 is 0. The number of fused-ring (bicyclic) bond motifs is 1.